The van der Waals surface area contributed by atoms with Crippen molar-refractivity contribution in [2.45, 2.75) is 6.42 Å². The lowest BCUT2D eigenvalue weighted by Crippen LogP contribution is -2.29. The Morgan fingerprint density at radius 2 is 2.36 bits per heavy atom. The van der Waals surface area contributed by atoms with Gasteiger partial charge in [-0.1, -0.05) is 11.6 Å². The van der Waals surface area contributed by atoms with Crippen LogP contribution < -0.4 is 5.32 Å². The second kappa shape index (κ2) is 3.50. The van der Waals surface area contributed by atoms with Crippen molar-refractivity contribution in [3.05, 3.63) is 28.8 Å². The van der Waals surface area contributed by atoms with Crippen LogP contribution in [-0.4, -0.2) is 17.6 Å². The number of carbonyl (C=O) groups is 1. The molecule has 1 aromatic carbocycles. The third-order valence-electron chi connectivity index (χ3n) is 2.42. The van der Waals surface area contributed by atoms with Crippen LogP contribution in [0.15, 0.2) is 18.2 Å². The predicted octanol–water partition coefficient (Wildman–Crippen LogP) is 2.01. The molecule has 1 aliphatic rings. The van der Waals surface area contributed by atoms with Gasteiger partial charge in [-0.2, -0.15) is 0 Å². The lowest BCUT2D eigenvalue weighted by atomic mass is 9.94. The van der Waals surface area contributed by atoms with E-state index in [1.165, 1.54) is 0 Å². The van der Waals surface area contributed by atoms with E-state index in [-0.39, 0.29) is 5.92 Å². The van der Waals surface area contributed by atoms with Crippen LogP contribution in [0.4, 0.5) is 5.69 Å². The van der Waals surface area contributed by atoms with Crippen molar-refractivity contribution in [2.75, 3.05) is 11.9 Å². The summed E-state index contributed by atoms with van der Waals surface area (Å²) in [5, 5.41) is 12.6. The van der Waals surface area contributed by atoms with E-state index in [1.807, 2.05) is 12.1 Å². The number of halogens is 1. The molecular weight excluding hydrogens is 202 g/mol. The topological polar surface area (TPSA) is 49.3 Å². The van der Waals surface area contributed by atoms with E-state index in [2.05, 4.69) is 5.32 Å². The van der Waals surface area contributed by atoms with Gasteiger partial charge in [-0.15, -0.1) is 0 Å². The van der Waals surface area contributed by atoms with Crippen molar-refractivity contribution < 1.29 is 9.90 Å². The third kappa shape index (κ3) is 1.68. The van der Waals surface area contributed by atoms with Crippen molar-refractivity contribution in [3.8, 4) is 0 Å². The van der Waals surface area contributed by atoms with Crippen molar-refractivity contribution >= 4 is 23.3 Å². The molecule has 4 heteroatoms. The highest BCUT2D eigenvalue weighted by atomic mass is 35.5. The first-order valence-corrected chi connectivity index (χ1v) is 4.79. The Morgan fingerprint density at radius 3 is 3.07 bits per heavy atom. The van der Waals surface area contributed by atoms with Crippen LogP contribution in [0.1, 0.15) is 5.56 Å². The molecule has 1 aliphatic heterocycles. The third-order valence-corrected chi connectivity index (χ3v) is 2.66. The number of aliphatic carboxylic acids is 1. The number of rotatable bonds is 1. The van der Waals surface area contributed by atoms with E-state index in [4.69, 9.17) is 16.7 Å². The highest BCUT2D eigenvalue weighted by molar-refractivity contribution is 6.30. The summed E-state index contributed by atoms with van der Waals surface area (Å²) in [4.78, 5) is 10.8. The van der Waals surface area contributed by atoms with E-state index in [9.17, 15) is 4.79 Å². The Bertz CT molecular complexity index is 378. The second-order valence-electron chi connectivity index (χ2n) is 3.42. The first-order chi connectivity index (χ1) is 6.66. The standard InChI is InChI=1S/C10H10ClNO2/c11-8-1-2-9-6(4-8)3-7(5-12-9)10(13)14/h1-2,4,7,12H,3,5H2,(H,13,14). The Morgan fingerprint density at radius 1 is 1.57 bits per heavy atom. The summed E-state index contributed by atoms with van der Waals surface area (Å²) in [5.41, 5.74) is 1.98. The normalized spacial score (nSPS) is 19.6. The number of carboxylic acid groups (broad SMARTS) is 1. The lowest BCUT2D eigenvalue weighted by molar-refractivity contribution is -0.141. The number of hydrogen-bond donors (Lipinski definition) is 2. The highest BCUT2D eigenvalue weighted by Gasteiger charge is 2.23. The highest BCUT2D eigenvalue weighted by Crippen LogP contribution is 2.27. The van der Waals surface area contributed by atoms with Gasteiger partial charge in [-0.25, -0.2) is 0 Å². The molecule has 0 aliphatic carbocycles. The number of anilines is 1. The number of benzene rings is 1. The van der Waals surface area contributed by atoms with Crippen molar-refractivity contribution in [3.63, 3.8) is 0 Å². The monoisotopic (exact) mass is 211 g/mol. The van der Waals surface area contributed by atoms with Gasteiger partial charge in [-0.05, 0) is 30.2 Å². The van der Waals surface area contributed by atoms with Crippen molar-refractivity contribution in [1.29, 1.82) is 0 Å². The molecule has 74 valence electrons. The molecule has 0 radical (unpaired) electrons. The fourth-order valence-corrected chi connectivity index (χ4v) is 1.84. The zero-order valence-corrected chi connectivity index (χ0v) is 8.21. The quantitative estimate of drug-likeness (QED) is 0.747. The largest absolute Gasteiger partial charge is 0.481 e. The molecule has 0 aromatic heterocycles. The van der Waals surface area contributed by atoms with Gasteiger partial charge in [0.25, 0.3) is 0 Å². The van der Waals surface area contributed by atoms with E-state index in [0.29, 0.717) is 18.0 Å². The smallest absolute Gasteiger partial charge is 0.308 e. The van der Waals surface area contributed by atoms with Gasteiger partial charge in [0.2, 0.25) is 0 Å². The van der Waals surface area contributed by atoms with E-state index in [0.717, 1.165) is 11.3 Å². The molecule has 1 heterocycles. The van der Waals surface area contributed by atoms with Gasteiger partial charge in [0.15, 0.2) is 0 Å². The molecule has 0 bridgehead atoms. The predicted molar refractivity (Wildman–Crippen MR) is 54.8 cm³/mol. The maximum absolute atomic E-state index is 10.8. The van der Waals surface area contributed by atoms with Gasteiger partial charge in [0, 0.05) is 17.3 Å². The Kier molecular flexibility index (Phi) is 2.33. The van der Waals surface area contributed by atoms with Crippen LogP contribution in [0.2, 0.25) is 5.02 Å². The first-order valence-electron chi connectivity index (χ1n) is 4.42. The molecule has 14 heavy (non-hydrogen) atoms. The zero-order valence-electron chi connectivity index (χ0n) is 7.46. The maximum atomic E-state index is 10.8. The summed E-state index contributed by atoms with van der Waals surface area (Å²) < 4.78 is 0. The van der Waals surface area contributed by atoms with E-state index >= 15 is 0 Å². The second-order valence-corrected chi connectivity index (χ2v) is 3.86. The SMILES string of the molecule is O=C(O)C1CNc2ccc(Cl)cc2C1. The lowest BCUT2D eigenvalue weighted by Gasteiger charge is -2.23. The molecule has 2 N–H and O–H groups in total. The van der Waals surface area contributed by atoms with E-state index in [1.54, 1.807) is 6.07 Å². The molecular formula is C10H10ClNO2. The van der Waals surface area contributed by atoms with Gasteiger partial charge >= 0.3 is 5.97 Å². The summed E-state index contributed by atoms with van der Waals surface area (Å²) in [6, 6.07) is 5.50. The molecule has 1 atom stereocenters. The van der Waals surface area contributed by atoms with E-state index < -0.39 is 5.97 Å². The average molecular weight is 212 g/mol. The minimum absolute atomic E-state index is 0.346. The average Bonchev–Trinajstić information content (AvgIpc) is 2.16. The molecule has 0 amide bonds. The van der Waals surface area contributed by atoms with Crippen LogP contribution in [0.3, 0.4) is 0 Å². The Labute approximate surface area is 86.7 Å². The molecule has 1 unspecified atom stereocenters. The van der Waals surface area contributed by atoms with Gasteiger partial charge < -0.3 is 10.4 Å². The first kappa shape index (κ1) is 9.34. The number of carboxylic acids is 1. The van der Waals surface area contributed by atoms with Crippen LogP contribution in [0.5, 0.6) is 0 Å². The Balaban J connectivity index is 2.29. The Hall–Kier alpha value is -1.22. The molecule has 2 rings (SSSR count). The van der Waals surface area contributed by atoms with Gasteiger partial charge in [0.05, 0.1) is 5.92 Å². The molecule has 0 saturated carbocycles. The van der Waals surface area contributed by atoms with Crippen molar-refractivity contribution in [1.82, 2.24) is 0 Å². The van der Waals surface area contributed by atoms with Gasteiger partial charge in [-0.3, -0.25) is 4.79 Å². The summed E-state index contributed by atoms with van der Waals surface area (Å²) in [6.07, 6.45) is 0.554. The molecule has 0 saturated heterocycles. The molecule has 1 aromatic rings. The summed E-state index contributed by atoms with van der Waals surface area (Å²) in [6.45, 7) is 0.490. The van der Waals surface area contributed by atoms with Crippen LogP contribution in [0, 0.1) is 5.92 Å². The van der Waals surface area contributed by atoms with Crippen LogP contribution in [-0.2, 0) is 11.2 Å². The molecule has 0 spiro atoms. The van der Waals surface area contributed by atoms with Crippen molar-refractivity contribution in [2.24, 2.45) is 5.92 Å². The van der Waals surface area contributed by atoms with Crippen LogP contribution >= 0.6 is 11.6 Å². The maximum Gasteiger partial charge on any atom is 0.308 e. The summed E-state index contributed by atoms with van der Waals surface area (Å²) in [7, 11) is 0. The number of fused-ring (bicyclic) bond motifs is 1. The summed E-state index contributed by atoms with van der Waals surface area (Å²) >= 11 is 5.83. The zero-order chi connectivity index (χ0) is 10.1. The molecule has 3 nitrogen and oxygen atoms in total. The number of hydrogen-bond acceptors (Lipinski definition) is 2. The number of nitrogens with one attached hydrogen (secondary N) is 1. The molecule has 0 fully saturated rings. The fourth-order valence-electron chi connectivity index (χ4n) is 1.65. The fraction of sp³-hybridized carbons (Fsp3) is 0.300. The van der Waals surface area contributed by atoms with Crippen LogP contribution in [0.25, 0.3) is 0 Å². The minimum Gasteiger partial charge on any atom is -0.481 e. The van der Waals surface area contributed by atoms with Gasteiger partial charge in [0.1, 0.15) is 0 Å². The minimum atomic E-state index is -0.761. The summed E-state index contributed by atoms with van der Waals surface area (Å²) in [5.74, 6) is -1.11.